The van der Waals surface area contributed by atoms with Gasteiger partial charge in [-0.15, -0.1) is 0 Å². The van der Waals surface area contributed by atoms with E-state index in [1.54, 1.807) is 18.2 Å². The fraction of sp³-hybridized carbons (Fsp3) is 0.381. The molecule has 0 radical (unpaired) electrons. The predicted molar refractivity (Wildman–Crippen MR) is 104 cm³/mol. The van der Waals surface area contributed by atoms with Crippen LogP contribution in [0.3, 0.4) is 0 Å². The lowest BCUT2D eigenvalue weighted by Gasteiger charge is -2.37. The number of ether oxygens (including phenoxy) is 1. The van der Waals surface area contributed by atoms with Gasteiger partial charge in [-0.3, -0.25) is 14.6 Å². The van der Waals surface area contributed by atoms with E-state index in [9.17, 15) is 13.6 Å². The topological polar surface area (TPSA) is 44.8 Å². The molecule has 0 unspecified atom stereocenters. The van der Waals surface area contributed by atoms with E-state index >= 15 is 0 Å². The van der Waals surface area contributed by atoms with Crippen LogP contribution in [0.1, 0.15) is 12.5 Å². The molecule has 1 N–H and O–H groups in total. The molecule has 1 fully saturated rings. The molecule has 1 amide bonds. The van der Waals surface area contributed by atoms with Crippen LogP contribution in [-0.2, 0) is 11.3 Å². The predicted octanol–water partition coefficient (Wildman–Crippen LogP) is 3.43. The number of piperazine rings is 1. The molecule has 0 saturated carbocycles. The Labute approximate surface area is 163 Å². The molecule has 1 aliphatic rings. The Kier molecular flexibility index (Phi) is 6.95. The molecular formula is C21H25F2N3O2. The molecule has 150 valence electrons. The summed E-state index contributed by atoms with van der Waals surface area (Å²) < 4.78 is 29.5. The number of amides is 1. The molecule has 1 aliphatic heterocycles. The van der Waals surface area contributed by atoms with Gasteiger partial charge >= 0.3 is 6.61 Å². The number of anilines is 1. The van der Waals surface area contributed by atoms with Gasteiger partial charge in [0.1, 0.15) is 5.75 Å². The van der Waals surface area contributed by atoms with E-state index in [1.807, 2.05) is 25.1 Å². The smallest absolute Gasteiger partial charge is 0.387 e. The van der Waals surface area contributed by atoms with E-state index in [0.717, 1.165) is 32.7 Å². The van der Waals surface area contributed by atoms with Crippen molar-refractivity contribution in [2.45, 2.75) is 26.1 Å². The van der Waals surface area contributed by atoms with E-state index in [4.69, 9.17) is 0 Å². The van der Waals surface area contributed by atoms with Gasteiger partial charge in [-0.2, -0.15) is 8.78 Å². The zero-order chi connectivity index (χ0) is 19.9. The number of alkyl halides is 2. The minimum absolute atomic E-state index is 0.0364. The van der Waals surface area contributed by atoms with Gasteiger partial charge < -0.3 is 10.1 Å². The molecular weight excluding hydrogens is 364 g/mol. The summed E-state index contributed by atoms with van der Waals surface area (Å²) >= 11 is 0. The monoisotopic (exact) mass is 389 g/mol. The normalized spacial score (nSPS) is 16.7. The number of carbonyl (C=O) groups excluding carboxylic acids is 1. The van der Waals surface area contributed by atoms with Gasteiger partial charge in [0.25, 0.3) is 0 Å². The van der Waals surface area contributed by atoms with Crippen molar-refractivity contribution in [2.24, 2.45) is 0 Å². The van der Waals surface area contributed by atoms with E-state index in [-0.39, 0.29) is 23.4 Å². The number of nitrogens with one attached hydrogen (secondary N) is 1. The van der Waals surface area contributed by atoms with Gasteiger partial charge in [-0.25, -0.2) is 0 Å². The lowest BCUT2D eigenvalue weighted by Crippen LogP contribution is -2.52. The largest absolute Gasteiger partial charge is 0.433 e. The second-order valence-electron chi connectivity index (χ2n) is 6.84. The molecule has 7 heteroatoms. The average molecular weight is 389 g/mol. The summed E-state index contributed by atoms with van der Waals surface area (Å²) in [5, 5.41) is 2.71. The summed E-state index contributed by atoms with van der Waals surface area (Å²) in [4.78, 5) is 17.1. The molecule has 1 atom stereocenters. The first-order valence-corrected chi connectivity index (χ1v) is 9.38. The lowest BCUT2D eigenvalue weighted by atomic mass is 10.1. The van der Waals surface area contributed by atoms with Crippen molar-refractivity contribution in [3.05, 3.63) is 60.2 Å². The van der Waals surface area contributed by atoms with Crippen LogP contribution in [0.2, 0.25) is 0 Å². The molecule has 0 spiro atoms. The number of rotatable bonds is 7. The maximum Gasteiger partial charge on any atom is 0.387 e. The summed E-state index contributed by atoms with van der Waals surface area (Å²) in [6, 6.07) is 16.2. The molecule has 0 aromatic heterocycles. The van der Waals surface area contributed by atoms with E-state index < -0.39 is 6.61 Å². The maximum absolute atomic E-state index is 12.6. The van der Waals surface area contributed by atoms with Gasteiger partial charge in [-0.05, 0) is 24.6 Å². The summed E-state index contributed by atoms with van der Waals surface area (Å²) in [6.07, 6.45) is 0. The molecule has 0 aliphatic carbocycles. The second-order valence-corrected chi connectivity index (χ2v) is 6.84. The summed E-state index contributed by atoms with van der Waals surface area (Å²) in [5.74, 6) is -0.271. The first-order valence-electron chi connectivity index (χ1n) is 9.38. The molecule has 5 nitrogen and oxygen atoms in total. The average Bonchev–Trinajstić information content (AvgIpc) is 2.70. The zero-order valence-corrected chi connectivity index (χ0v) is 15.9. The molecule has 2 aromatic rings. The molecule has 2 aromatic carbocycles. The van der Waals surface area contributed by atoms with Crippen molar-refractivity contribution in [1.29, 1.82) is 0 Å². The first kappa shape index (κ1) is 20.2. The Balaban J connectivity index is 1.52. The van der Waals surface area contributed by atoms with Gasteiger partial charge in [0, 0.05) is 32.7 Å². The van der Waals surface area contributed by atoms with Crippen molar-refractivity contribution in [2.75, 3.05) is 31.5 Å². The standard InChI is InChI=1S/C21H25F2N3O2/c1-16(20(27)24-18-9-5-6-10-19(18)28-21(22)23)26-13-11-25(12-14-26)15-17-7-3-2-4-8-17/h2-10,16,21H,11-15H2,1H3,(H,24,27)/t16-/m0/s1. The Hall–Kier alpha value is -2.51. The minimum atomic E-state index is -2.94. The fourth-order valence-electron chi connectivity index (χ4n) is 3.32. The summed E-state index contributed by atoms with van der Waals surface area (Å²) in [7, 11) is 0. The highest BCUT2D eigenvalue weighted by atomic mass is 19.3. The number of nitrogens with zero attached hydrogens (tertiary/aromatic N) is 2. The highest BCUT2D eigenvalue weighted by Gasteiger charge is 2.26. The summed E-state index contributed by atoms with van der Waals surface area (Å²) in [6.45, 7) is 3.09. The number of carbonyl (C=O) groups is 1. The third-order valence-electron chi connectivity index (χ3n) is 4.94. The van der Waals surface area contributed by atoms with Gasteiger partial charge in [0.05, 0.1) is 11.7 Å². The van der Waals surface area contributed by atoms with Crippen LogP contribution < -0.4 is 10.1 Å². The molecule has 0 bridgehead atoms. The molecule has 3 rings (SSSR count). The van der Waals surface area contributed by atoms with Gasteiger partial charge in [-0.1, -0.05) is 42.5 Å². The van der Waals surface area contributed by atoms with Crippen molar-refractivity contribution >= 4 is 11.6 Å². The van der Waals surface area contributed by atoms with Crippen molar-refractivity contribution in [3.8, 4) is 5.75 Å². The Morgan fingerprint density at radius 3 is 2.36 bits per heavy atom. The van der Waals surface area contributed by atoms with Crippen LogP contribution in [0.25, 0.3) is 0 Å². The number of hydrogen-bond acceptors (Lipinski definition) is 4. The van der Waals surface area contributed by atoms with Crippen LogP contribution in [0.5, 0.6) is 5.75 Å². The van der Waals surface area contributed by atoms with E-state index in [1.165, 1.54) is 11.6 Å². The molecule has 28 heavy (non-hydrogen) atoms. The van der Waals surface area contributed by atoms with E-state index in [2.05, 4.69) is 32.0 Å². The number of hydrogen-bond donors (Lipinski definition) is 1. The zero-order valence-electron chi connectivity index (χ0n) is 15.9. The first-order chi connectivity index (χ1) is 13.5. The quantitative estimate of drug-likeness (QED) is 0.788. The Bertz CT molecular complexity index is 765. The molecule has 1 heterocycles. The van der Waals surface area contributed by atoms with Crippen molar-refractivity contribution < 1.29 is 18.3 Å². The second kappa shape index (κ2) is 9.61. The van der Waals surface area contributed by atoms with Crippen molar-refractivity contribution in [1.82, 2.24) is 9.80 Å². The van der Waals surface area contributed by atoms with Crippen LogP contribution in [0.4, 0.5) is 14.5 Å². The minimum Gasteiger partial charge on any atom is -0.433 e. The third-order valence-corrected chi connectivity index (χ3v) is 4.94. The molecule has 1 saturated heterocycles. The number of para-hydroxylation sites is 2. The van der Waals surface area contributed by atoms with Crippen LogP contribution >= 0.6 is 0 Å². The highest BCUT2D eigenvalue weighted by molar-refractivity contribution is 5.95. The Morgan fingerprint density at radius 1 is 1.04 bits per heavy atom. The lowest BCUT2D eigenvalue weighted by molar-refractivity contribution is -0.121. The van der Waals surface area contributed by atoms with Gasteiger partial charge in [0.2, 0.25) is 5.91 Å². The van der Waals surface area contributed by atoms with Crippen LogP contribution in [0.15, 0.2) is 54.6 Å². The van der Waals surface area contributed by atoms with Crippen LogP contribution in [0, 0.1) is 0 Å². The van der Waals surface area contributed by atoms with E-state index in [0.29, 0.717) is 0 Å². The van der Waals surface area contributed by atoms with Crippen molar-refractivity contribution in [3.63, 3.8) is 0 Å². The SMILES string of the molecule is C[C@@H](C(=O)Nc1ccccc1OC(F)F)N1CCN(Cc2ccccc2)CC1. The van der Waals surface area contributed by atoms with Gasteiger partial charge in [0.15, 0.2) is 0 Å². The number of benzene rings is 2. The number of halogens is 2. The highest BCUT2D eigenvalue weighted by Crippen LogP contribution is 2.26. The Morgan fingerprint density at radius 2 is 1.68 bits per heavy atom. The van der Waals surface area contributed by atoms with Crippen LogP contribution in [-0.4, -0.2) is 54.5 Å². The third kappa shape index (κ3) is 5.50. The summed E-state index contributed by atoms with van der Waals surface area (Å²) in [5.41, 5.74) is 1.53. The fourth-order valence-corrected chi connectivity index (χ4v) is 3.32. The maximum atomic E-state index is 12.6.